The van der Waals surface area contributed by atoms with E-state index >= 15 is 0 Å². The number of hydrogen-bond acceptors (Lipinski definition) is 3. The lowest BCUT2D eigenvalue weighted by Gasteiger charge is -2.48. The minimum Gasteiger partial charge on any atom is -0.381 e. The lowest BCUT2D eigenvalue weighted by atomic mass is 9.69. The van der Waals surface area contributed by atoms with Crippen molar-refractivity contribution in [2.45, 2.75) is 44.2 Å². The van der Waals surface area contributed by atoms with Gasteiger partial charge in [-0.2, -0.15) is 0 Å². The second-order valence-corrected chi connectivity index (χ2v) is 9.36. The molecular weight excluding hydrogens is 387 g/mol. The van der Waals surface area contributed by atoms with Crippen molar-refractivity contribution in [2.24, 2.45) is 5.41 Å². The molecule has 1 saturated carbocycles. The van der Waals surface area contributed by atoms with Gasteiger partial charge in [0.1, 0.15) is 0 Å². The number of benzene rings is 1. The number of likely N-dealkylation sites (N-methyl/N-ethyl adjacent to an activating group) is 2. The molecule has 3 nitrogen and oxygen atoms in total. The maximum atomic E-state index is 6.15. The van der Waals surface area contributed by atoms with E-state index in [1.54, 1.807) is 0 Å². The zero-order valence-corrected chi connectivity index (χ0v) is 18.1. The molecule has 144 valence electrons. The van der Waals surface area contributed by atoms with Crippen LogP contribution in [0.3, 0.4) is 0 Å². The molecule has 2 fully saturated rings. The van der Waals surface area contributed by atoms with Gasteiger partial charge in [-0.15, -0.1) is 0 Å². The topological polar surface area (TPSA) is 15.7 Å². The zero-order valence-electron chi connectivity index (χ0n) is 15.8. The van der Waals surface area contributed by atoms with Crippen molar-refractivity contribution in [3.05, 3.63) is 33.8 Å². The van der Waals surface area contributed by atoms with E-state index in [-0.39, 0.29) is 0 Å². The summed E-state index contributed by atoms with van der Waals surface area (Å²) >= 11 is 18.0. The number of ether oxygens (including phenoxy) is 1. The summed E-state index contributed by atoms with van der Waals surface area (Å²) in [6.07, 6.45) is 5.48. The van der Waals surface area contributed by atoms with Crippen LogP contribution < -0.4 is 0 Å². The molecule has 0 N–H and O–H groups in total. The Hall–Kier alpha value is -0.390. The molecule has 0 aromatic heterocycles. The largest absolute Gasteiger partial charge is 0.381 e. The number of halogens is 2. The van der Waals surface area contributed by atoms with E-state index < -0.39 is 0 Å². The fraction of sp³-hybridized carbons (Fsp3) is 0.650. The molecule has 0 radical (unpaired) electrons. The second kappa shape index (κ2) is 8.32. The SMILES string of the molecule is CN(C)[C@H]1C[C@@]2(CCOC2)CC[C@@H]1N(C)C(=S)Cc1ccc(Cl)c(Cl)c1. The van der Waals surface area contributed by atoms with Crippen LogP contribution in [-0.4, -0.2) is 61.2 Å². The summed E-state index contributed by atoms with van der Waals surface area (Å²) in [5.41, 5.74) is 1.48. The highest BCUT2D eigenvalue weighted by Crippen LogP contribution is 2.45. The standard InChI is InChI=1S/C20H28Cl2N2OS/c1-23(2)18-12-20(8-9-25-13-20)7-6-17(18)24(3)19(26)11-14-4-5-15(21)16(22)10-14/h4-5,10,17-18H,6-9,11-13H2,1-3H3/t17-,18-,20-/m0/s1. The molecule has 0 unspecified atom stereocenters. The van der Waals surface area contributed by atoms with Crippen molar-refractivity contribution in [2.75, 3.05) is 34.4 Å². The van der Waals surface area contributed by atoms with Crippen LogP contribution in [0.4, 0.5) is 0 Å². The third kappa shape index (κ3) is 4.36. The summed E-state index contributed by atoms with van der Waals surface area (Å²) in [7, 11) is 6.51. The summed E-state index contributed by atoms with van der Waals surface area (Å²) in [5, 5.41) is 1.17. The van der Waals surface area contributed by atoms with Crippen molar-refractivity contribution in [3.63, 3.8) is 0 Å². The van der Waals surface area contributed by atoms with Gasteiger partial charge >= 0.3 is 0 Å². The summed E-state index contributed by atoms with van der Waals surface area (Å²) in [6.45, 7) is 1.83. The van der Waals surface area contributed by atoms with Gasteiger partial charge in [0.15, 0.2) is 0 Å². The van der Waals surface area contributed by atoms with Crippen molar-refractivity contribution in [3.8, 4) is 0 Å². The van der Waals surface area contributed by atoms with Crippen LogP contribution in [0.15, 0.2) is 18.2 Å². The highest BCUT2D eigenvalue weighted by Gasteiger charge is 2.45. The highest BCUT2D eigenvalue weighted by molar-refractivity contribution is 7.80. The first-order valence-corrected chi connectivity index (χ1v) is 10.4. The van der Waals surface area contributed by atoms with Gasteiger partial charge in [-0.1, -0.05) is 41.5 Å². The van der Waals surface area contributed by atoms with Crippen molar-refractivity contribution in [1.29, 1.82) is 0 Å². The van der Waals surface area contributed by atoms with E-state index in [1.165, 1.54) is 19.3 Å². The van der Waals surface area contributed by atoms with E-state index in [2.05, 4.69) is 30.9 Å². The van der Waals surface area contributed by atoms with Gasteiger partial charge in [-0.25, -0.2) is 0 Å². The smallest absolute Gasteiger partial charge is 0.0824 e. The molecule has 1 heterocycles. The summed E-state index contributed by atoms with van der Waals surface area (Å²) < 4.78 is 5.73. The second-order valence-electron chi connectivity index (χ2n) is 8.07. The molecule has 1 aromatic rings. The van der Waals surface area contributed by atoms with Gasteiger partial charge < -0.3 is 14.5 Å². The van der Waals surface area contributed by atoms with Crippen molar-refractivity contribution < 1.29 is 4.74 Å². The summed E-state index contributed by atoms with van der Waals surface area (Å²) in [6, 6.07) is 6.69. The third-order valence-electron chi connectivity index (χ3n) is 6.14. The van der Waals surface area contributed by atoms with E-state index in [9.17, 15) is 0 Å². The van der Waals surface area contributed by atoms with Gasteiger partial charge in [0.2, 0.25) is 0 Å². The Morgan fingerprint density at radius 2 is 1.96 bits per heavy atom. The molecule has 1 spiro atoms. The fourth-order valence-corrected chi connectivity index (χ4v) is 5.07. The minimum absolute atomic E-state index is 0.373. The lowest BCUT2D eigenvalue weighted by Crippen LogP contribution is -2.55. The van der Waals surface area contributed by atoms with E-state index in [0.29, 0.717) is 34.0 Å². The first-order chi connectivity index (χ1) is 12.3. The van der Waals surface area contributed by atoms with Gasteiger partial charge in [0.25, 0.3) is 0 Å². The molecule has 1 saturated heterocycles. The average molecular weight is 415 g/mol. The van der Waals surface area contributed by atoms with E-state index in [1.807, 2.05) is 18.2 Å². The van der Waals surface area contributed by atoms with E-state index in [0.717, 1.165) is 30.2 Å². The molecule has 3 rings (SSSR count). The van der Waals surface area contributed by atoms with Crippen LogP contribution in [0.2, 0.25) is 10.0 Å². The Morgan fingerprint density at radius 1 is 1.19 bits per heavy atom. The molecule has 6 heteroatoms. The molecule has 1 aromatic carbocycles. The van der Waals surface area contributed by atoms with Gasteiger partial charge in [0.05, 0.1) is 21.6 Å². The Balaban J connectivity index is 1.69. The first-order valence-electron chi connectivity index (χ1n) is 9.25. The van der Waals surface area contributed by atoms with Crippen molar-refractivity contribution in [1.82, 2.24) is 9.80 Å². The quantitative estimate of drug-likeness (QED) is 0.663. The highest BCUT2D eigenvalue weighted by atomic mass is 35.5. The predicted octanol–water partition coefficient (Wildman–Crippen LogP) is 4.68. The Labute approximate surface area is 172 Å². The van der Waals surface area contributed by atoms with Crippen LogP contribution >= 0.6 is 35.4 Å². The van der Waals surface area contributed by atoms with Crippen LogP contribution in [0.1, 0.15) is 31.2 Å². The maximum absolute atomic E-state index is 6.15. The number of rotatable bonds is 4. The van der Waals surface area contributed by atoms with E-state index in [4.69, 9.17) is 40.2 Å². The molecule has 3 atom stereocenters. The Kier molecular flexibility index (Phi) is 6.51. The average Bonchev–Trinajstić information content (AvgIpc) is 3.05. The molecule has 2 aliphatic rings. The zero-order chi connectivity index (χ0) is 18.9. The normalized spacial score (nSPS) is 28.7. The van der Waals surface area contributed by atoms with Crippen molar-refractivity contribution >= 4 is 40.4 Å². The Bertz CT molecular complexity index is 661. The molecule has 1 aliphatic carbocycles. The predicted molar refractivity (Wildman–Crippen MR) is 114 cm³/mol. The maximum Gasteiger partial charge on any atom is 0.0824 e. The van der Waals surface area contributed by atoms with Crippen LogP contribution in [0.25, 0.3) is 0 Å². The Morgan fingerprint density at radius 3 is 2.58 bits per heavy atom. The third-order valence-corrected chi connectivity index (χ3v) is 7.31. The minimum atomic E-state index is 0.373. The molecule has 1 aliphatic heterocycles. The van der Waals surface area contributed by atoms with Crippen LogP contribution in [-0.2, 0) is 11.2 Å². The number of hydrogen-bond donors (Lipinski definition) is 0. The number of thiocarbonyl (C=S) groups is 1. The summed E-state index contributed by atoms with van der Waals surface area (Å²) in [5.74, 6) is 0. The first kappa shape index (κ1) is 20.3. The molecule has 0 amide bonds. The number of nitrogens with zero attached hydrogens (tertiary/aromatic N) is 2. The van der Waals surface area contributed by atoms with Crippen LogP contribution in [0.5, 0.6) is 0 Å². The fourth-order valence-electron chi connectivity index (χ4n) is 4.45. The monoisotopic (exact) mass is 414 g/mol. The molecule has 0 bridgehead atoms. The van der Waals surface area contributed by atoms with Crippen LogP contribution in [0, 0.1) is 5.41 Å². The molecular formula is C20H28Cl2N2OS. The molecule has 26 heavy (non-hydrogen) atoms. The van der Waals surface area contributed by atoms with Gasteiger partial charge in [-0.05, 0) is 62.9 Å². The summed E-state index contributed by atoms with van der Waals surface area (Å²) in [4.78, 5) is 5.63. The van der Waals surface area contributed by atoms with Gasteiger partial charge in [0, 0.05) is 32.2 Å². The lowest BCUT2D eigenvalue weighted by molar-refractivity contribution is 0.0386. The van der Waals surface area contributed by atoms with Gasteiger partial charge in [-0.3, -0.25) is 0 Å².